The number of methoxy groups -OCH3 is 2. The molecular formula is C36H39F2N6O11P. The van der Waals surface area contributed by atoms with Crippen LogP contribution in [0, 0.1) is 11.6 Å². The summed E-state index contributed by atoms with van der Waals surface area (Å²) in [4.78, 5) is 37.5. The number of nitrogens with two attached hydrogens (primary N) is 1. The predicted molar refractivity (Wildman–Crippen MR) is 194 cm³/mol. The highest BCUT2D eigenvalue weighted by molar-refractivity contribution is 7.52. The minimum atomic E-state index is -4.62. The zero-order valence-electron chi connectivity index (χ0n) is 30.7. The molecule has 0 saturated carbocycles. The lowest BCUT2D eigenvalue weighted by Crippen LogP contribution is -2.44. The number of ether oxygens (including phenoxy) is 4. The Bertz CT molecular complexity index is 2330. The minimum Gasteiger partial charge on any atom is -0.479 e. The third-order valence-corrected chi connectivity index (χ3v) is 10.9. The number of halogens is 2. The Labute approximate surface area is 318 Å². The molecule has 17 nitrogen and oxygen atoms in total. The molecule has 1 aliphatic rings. The number of aliphatic hydroxyl groups is 2. The molecule has 7 atom stereocenters. The average Bonchev–Trinajstić information content (AvgIpc) is 3.68. The van der Waals surface area contributed by atoms with Crippen LogP contribution in [-0.4, -0.2) is 86.3 Å². The number of aliphatic hydroxyl groups excluding tert-OH is 1. The van der Waals surface area contributed by atoms with Crippen LogP contribution in [0.25, 0.3) is 21.9 Å². The number of anilines is 1. The molecule has 5 N–H and O–H groups in total. The number of esters is 2. The minimum absolute atomic E-state index is 0.0323. The number of carbonyl (C=O) groups excluding carboxylic acids is 2. The fourth-order valence-corrected chi connectivity index (χ4v) is 7.58. The summed E-state index contributed by atoms with van der Waals surface area (Å²) in [5, 5.41) is 26.5. The predicted octanol–water partition coefficient (Wildman–Crippen LogP) is 4.06. The number of nitrogens with zero attached hydrogens (tertiary/aromatic N) is 4. The molecule has 6 rings (SSSR count). The van der Waals surface area contributed by atoms with Gasteiger partial charge >= 0.3 is 19.7 Å². The van der Waals surface area contributed by atoms with E-state index in [-0.39, 0.29) is 34.3 Å². The molecule has 0 radical (unpaired) electrons. The zero-order valence-corrected chi connectivity index (χ0v) is 31.6. The fraction of sp³-hybridized carbons (Fsp3) is 0.361. The third-order valence-electron chi connectivity index (χ3n) is 9.22. The average molecular weight is 801 g/mol. The molecular weight excluding hydrogens is 761 g/mol. The molecule has 1 aliphatic heterocycles. The van der Waals surface area contributed by atoms with Gasteiger partial charge in [-0.25, -0.2) is 18.3 Å². The highest BCUT2D eigenvalue weighted by atomic mass is 31.2. The topological polar surface area (TPSA) is 229 Å². The molecule has 0 aliphatic carbocycles. The number of nitrogens with one attached hydrogen (secondary N) is 1. The van der Waals surface area contributed by atoms with E-state index in [2.05, 4.69) is 20.0 Å². The number of benzene rings is 3. The lowest BCUT2D eigenvalue weighted by molar-refractivity contribution is -0.146. The molecule has 56 heavy (non-hydrogen) atoms. The van der Waals surface area contributed by atoms with Gasteiger partial charge in [-0.05, 0) is 61.4 Å². The first kappa shape index (κ1) is 40.4. The van der Waals surface area contributed by atoms with E-state index >= 15 is 0 Å². The van der Waals surface area contributed by atoms with Crippen molar-refractivity contribution in [2.24, 2.45) is 0 Å². The van der Waals surface area contributed by atoms with Crippen molar-refractivity contribution in [3.05, 3.63) is 83.7 Å². The molecule has 1 fully saturated rings. The summed E-state index contributed by atoms with van der Waals surface area (Å²) in [6.07, 6.45) is -3.02. The molecule has 0 bridgehead atoms. The number of aromatic nitrogens is 4. The maximum Gasteiger partial charge on any atom is 0.459 e. The van der Waals surface area contributed by atoms with Gasteiger partial charge in [0.15, 0.2) is 17.4 Å². The number of nitrogen functional groups attached to an aromatic ring is 1. The first-order valence-corrected chi connectivity index (χ1v) is 18.6. The van der Waals surface area contributed by atoms with Crippen LogP contribution in [0.5, 0.6) is 11.6 Å². The molecule has 2 unspecified atom stereocenters. The van der Waals surface area contributed by atoms with E-state index in [0.717, 1.165) is 12.1 Å². The Hall–Kier alpha value is -5.30. The first-order valence-electron chi connectivity index (χ1n) is 17.1. The smallest absolute Gasteiger partial charge is 0.459 e. The number of carbonyl (C=O) groups is 2. The Morgan fingerprint density at radius 1 is 1.07 bits per heavy atom. The van der Waals surface area contributed by atoms with Gasteiger partial charge in [0, 0.05) is 11.6 Å². The second-order valence-electron chi connectivity index (χ2n) is 13.2. The van der Waals surface area contributed by atoms with E-state index in [1.54, 1.807) is 37.3 Å². The van der Waals surface area contributed by atoms with Crippen LogP contribution in [0.4, 0.5) is 14.7 Å². The van der Waals surface area contributed by atoms with Crippen LogP contribution >= 0.6 is 7.75 Å². The Morgan fingerprint density at radius 2 is 1.80 bits per heavy atom. The maximum absolute atomic E-state index is 14.5. The molecule has 298 valence electrons. The summed E-state index contributed by atoms with van der Waals surface area (Å²) >= 11 is 0. The van der Waals surface area contributed by atoms with E-state index in [9.17, 15) is 33.1 Å². The molecule has 5 aromatic rings. The molecule has 0 spiro atoms. The molecule has 0 amide bonds. The molecule has 1 saturated heterocycles. The molecule has 3 heterocycles. The van der Waals surface area contributed by atoms with Crippen LogP contribution in [-0.2, 0) is 39.5 Å². The molecule has 2 aromatic heterocycles. The van der Waals surface area contributed by atoms with Crippen LogP contribution in [0.15, 0.2) is 60.9 Å². The summed E-state index contributed by atoms with van der Waals surface area (Å²) in [6, 6.07) is 11.3. The third kappa shape index (κ3) is 8.28. The first-order chi connectivity index (χ1) is 26.5. The van der Waals surface area contributed by atoms with Gasteiger partial charge < -0.3 is 39.4 Å². The van der Waals surface area contributed by atoms with E-state index in [1.165, 1.54) is 45.0 Å². The zero-order chi connectivity index (χ0) is 40.5. The normalized spacial score (nSPS) is 21.7. The summed E-state index contributed by atoms with van der Waals surface area (Å²) in [5.41, 5.74) is 4.77. The highest BCUT2D eigenvalue weighted by Gasteiger charge is 2.54. The van der Waals surface area contributed by atoms with Crippen molar-refractivity contribution in [3.63, 3.8) is 0 Å². The van der Waals surface area contributed by atoms with Gasteiger partial charge in [-0.15, -0.1) is 0 Å². The second kappa shape index (κ2) is 16.0. The summed E-state index contributed by atoms with van der Waals surface area (Å²) in [5.74, 6) is -3.73. The lowest BCUT2D eigenvalue weighted by atomic mass is 9.96. The van der Waals surface area contributed by atoms with Crippen molar-refractivity contribution >= 4 is 47.6 Å². The largest absolute Gasteiger partial charge is 0.479 e. The Balaban J connectivity index is 1.24. The van der Waals surface area contributed by atoms with E-state index in [4.69, 9.17) is 33.7 Å². The molecule has 3 aromatic carbocycles. The monoisotopic (exact) mass is 800 g/mol. The van der Waals surface area contributed by atoms with Crippen LogP contribution in [0.1, 0.15) is 44.0 Å². The van der Waals surface area contributed by atoms with Crippen molar-refractivity contribution in [3.8, 4) is 11.6 Å². The highest BCUT2D eigenvalue weighted by Crippen LogP contribution is 2.48. The van der Waals surface area contributed by atoms with Crippen molar-refractivity contribution in [1.82, 2.24) is 24.6 Å². The van der Waals surface area contributed by atoms with Crippen molar-refractivity contribution in [1.29, 1.82) is 0 Å². The number of hydrogen-bond donors (Lipinski definition) is 4. The van der Waals surface area contributed by atoms with E-state index in [0.29, 0.717) is 22.4 Å². The van der Waals surface area contributed by atoms with Crippen LogP contribution in [0.3, 0.4) is 0 Å². The second-order valence-corrected chi connectivity index (χ2v) is 14.9. The van der Waals surface area contributed by atoms with Crippen molar-refractivity contribution in [2.45, 2.75) is 63.4 Å². The number of rotatable bonds is 14. The van der Waals surface area contributed by atoms with Gasteiger partial charge in [-0.2, -0.15) is 15.1 Å². The van der Waals surface area contributed by atoms with Gasteiger partial charge in [-0.3, -0.25) is 18.7 Å². The number of fused-ring (bicyclic) bond motifs is 2. The summed E-state index contributed by atoms with van der Waals surface area (Å²) in [7, 11) is -1.96. The summed E-state index contributed by atoms with van der Waals surface area (Å²) in [6.45, 7) is 3.08. The van der Waals surface area contributed by atoms with Gasteiger partial charge in [0.2, 0.25) is 11.8 Å². The van der Waals surface area contributed by atoms with Crippen molar-refractivity contribution < 1.29 is 61.1 Å². The van der Waals surface area contributed by atoms with Gasteiger partial charge in [-0.1, -0.05) is 24.3 Å². The maximum atomic E-state index is 14.5. The van der Waals surface area contributed by atoms with Crippen molar-refractivity contribution in [2.75, 3.05) is 26.6 Å². The Morgan fingerprint density at radius 3 is 2.52 bits per heavy atom. The SMILES string of the molecule is COC(=O)[C@@H](C)c1ccc2cc(OP(=O)(N[C@@H](C)C(=O)OCc3ccc(F)cc3F)OC[C@H]3OC(n4cnc5c(OC)nc(N)nc54)[C@](C)(O)[C@@H]3O)ccc2c1. The van der Waals surface area contributed by atoms with Gasteiger partial charge in [0.05, 0.1) is 33.1 Å². The van der Waals surface area contributed by atoms with E-state index in [1.807, 2.05) is 0 Å². The van der Waals surface area contributed by atoms with Crippen LogP contribution in [0.2, 0.25) is 0 Å². The number of hydrogen-bond acceptors (Lipinski definition) is 15. The number of imidazole rings is 1. The molecule has 20 heteroatoms. The Kier molecular flexibility index (Phi) is 11.6. The van der Waals surface area contributed by atoms with Gasteiger partial charge in [0.1, 0.15) is 47.8 Å². The fourth-order valence-electron chi connectivity index (χ4n) is 6.08. The lowest BCUT2D eigenvalue weighted by Gasteiger charge is -2.27. The quantitative estimate of drug-likeness (QED) is 0.0917. The standard InChI is InChI=1S/C36H39F2N6O11P/c1-18(32(46)51-5)20-6-7-22-13-25(11-9-21(22)12-20)55-56(49,43-19(2)33(47)52-15-23-8-10-24(37)14-26(23)38)53-16-27-29(45)36(3,48)34(54-27)44-17-40-28-30(44)41-35(39)42-31(28)50-4/h6-14,17-19,27,29,34,45,48H,15-16H2,1-5H3,(H,43,49)(H2,39,41,42)/t18-,19-,27+,29+,34?,36+,56?/m0/s1. The van der Waals surface area contributed by atoms with Crippen LogP contribution < -0.4 is 20.1 Å². The van der Waals surface area contributed by atoms with E-state index < -0.39 is 80.5 Å². The summed E-state index contributed by atoms with van der Waals surface area (Å²) < 4.78 is 76.4. The van der Waals surface area contributed by atoms with Gasteiger partial charge in [0.25, 0.3) is 0 Å².